The lowest BCUT2D eigenvalue weighted by molar-refractivity contribution is 1.61. The summed E-state index contributed by atoms with van der Waals surface area (Å²) in [6, 6.07) is 17.6. The lowest BCUT2D eigenvalue weighted by Crippen LogP contribution is -2.28. The number of rotatable bonds is 0. The van der Waals surface area contributed by atoms with E-state index in [1.165, 1.54) is 32.0 Å². The highest BCUT2D eigenvalue weighted by atomic mass is 28.2. The van der Waals surface area contributed by atoms with Crippen molar-refractivity contribution in [2.24, 2.45) is 0 Å². The van der Waals surface area contributed by atoms with Gasteiger partial charge in [-0.3, -0.25) is 0 Å². The summed E-state index contributed by atoms with van der Waals surface area (Å²) in [5.74, 6) is 0. The van der Waals surface area contributed by atoms with Gasteiger partial charge in [0.25, 0.3) is 0 Å². The first-order valence-corrected chi connectivity index (χ1v) is 7.29. The lowest BCUT2D eigenvalue weighted by Gasteiger charge is -2.06. The predicted octanol–water partition coefficient (Wildman–Crippen LogP) is 2.03. The van der Waals surface area contributed by atoms with Crippen LogP contribution >= 0.6 is 0 Å². The standard InChI is InChI=1S/C17H11Si/c1-2-4-14-12(3-1)5-8-16-15(14)7-6-13-9-10-18-11-17(13)16/h1-11H. The molecule has 1 aliphatic rings. The third kappa shape index (κ3) is 1.34. The van der Waals surface area contributed by atoms with Gasteiger partial charge in [0, 0.05) is 0 Å². The second-order valence-electron chi connectivity index (χ2n) is 4.59. The van der Waals surface area contributed by atoms with Crippen LogP contribution < -0.4 is 10.4 Å². The highest BCUT2D eigenvalue weighted by molar-refractivity contribution is 6.65. The van der Waals surface area contributed by atoms with Gasteiger partial charge in [-0.2, -0.15) is 0 Å². The van der Waals surface area contributed by atoms with E-state index in [0.29, 0.717) is 0 Å². The molecule has 0 bridgehead atoms. The summed E-state index contributed by atoms with van der Waals surface area (Å²) in [5, 5.41) is 8.16. The molecule has 0 nitrogen and oxygen atoms in total. The Kier molecular flexibility index (Phi) is 2.08. The second kappa shape index (κ2) is 3.75. The molecule has 83 valence electrons. The third-order valence-corrected chi connectivity index (χ3v) is 4.40. The maximum absolute atomic E-state index is 2.35. The Morgan fingerprint density at radius 2 is 1.61 bits per heavy atom. The Morgan fingerprint density at radius 1 is 0.722 bits per heavy atom. The van der Waals surface area contributed by atoms with Gasteiger partial charge in [-0.15, -0.1) is 0 Å². The molecule has 0 aromatic heterocycles. The number of hydrogen-bond acceptors (Lipinski definition) is 0. The molecule has 0 saturated carbocycles. The van der Waals surface area contributed by atoms with Gasteiger partial charge in [-0.1, -0.05) is 66.0 Å². The summed E-state index contributed by atoms with van der Waals surface area (Å²) < 4.78 is 0. The SMILES string of the molecule is C1=[Si]C=c2c(ccc3c2ccc2ccccc23)=C1. The number of fused-ring (bicyclic) bond motifs is 5. The van der Waals surface area contributed by atoms with Crippen molar-refractivity contribution in [1.82, 2.24) is 0 Å². The monoisotopic (exact) mass is 243 g/mol. The summed E-state index contributed by atoms with van der Waals surface area (Å²) in [4.78, 5) is 0. The van der Waals surface area contributed by atoms with Crippen molar-refractivity contribution < 1.29 is 0 Å². The maximum atomic E-state index is 2.35. The highest BCUT2D eigenvalue weighted by Gasteiger charge is 2.02. The zero-order chi connectivity index (χ0) is 11.9. The van der Waals surface area contributed by atoms with Crippen molar-refractivity contribution in [1.29, 1.82) is 0 Å². The molecule has 0 saturated heterocycles. The van der Waals surface area contributed by atoms with Crippen molar-refractivity contribution in [3.8, 4) is 0 Å². The molecule has 1 aliphatic heterocycles. The Labute approximate surface area is 107 Å². The Balaban J connectivity index is 2.32. The fourth-order valence-corrected chi connectivity index (χ4v) is 3.57. The van der Waals surface area contributed by atoms with Crippen LogP contribution in [-0.2, 0) is 0 Å². The van der Waals surface area contributed by atoms with E-state index in [1.54, 1.807) is 0 Å². The topological polar surface area (TPSA) is 0 Å². The number of hydrogen-bond donors (Lipinski definition) is 0. The fourth-order valence-electron chi connectivity index (χ4n) is 2.70. The van der Waals surface area contributed by atoms with E-state index in [0.717, 1.165) is 9.13 Å². The van der Waals surface area contributed by atoms with Crippen LogP contribution in [0.1, 0.15) is 0 Å². The normalized spacial score (nSPS) is 13.1. The van der Waals surface area contributed by atoms with Crippen LogP contribution in [0.2, 0.25) is 0 Å². The van der Waals surface area contributed by atoms with Crippen LogP contribution in [0.3, 0.4) is 0 Å². The van der Waals surface area contributed by atoms with Crippen LogP contribution in [0, 0.1) is 0 Å². The minimum Gasteiger partial charge on any atom is -0.0766 e. The smallest absolute Gasteiger partial charge is 0.0512 e. The van der Waals surface area contributed by atoms with E-state index in [2.05, 4.69) is 66.0 Å². The molecule has 1 heteroatoms. The molecule has 0 aliphatic carbocycles. The van der Waals surface area contributed by atoms with Crippen LogP contribution in [-0.4, -0.2) is 14.8 Å². The van der Waals surface area contributed by atoms with Gasteiger partial charge in [0.05, 0.1) is 9.13 Å². The Hall–Kier alpha value is -1.99. The zero-order valence-corrected chi connectivity index (χ0v) is 10.9. The van der Waals surface area contributed by atoms with Crippen LogP contribution in [0.25, 0.3) is 33.3 Å². The van der Waals surface area contributed by atoms with Gasteiger partial charge in [0.2, 0.25) is 0 Å². The van der Waals surface area contributed by atoms with E-state index >= 15 is 0 Å². The molecule has 0 unspecified atom stereocenters. The molecule has 0 N–H and O–H groups in total. The predicted molar refractivity (Wildman–Crippen MR) is 81.5 cm³/mol. The molecular formula is C17H11Si. The van der Waals surface area contributed by atoms with Gasteiger partial charge in [0.15, 0.2) is 0 Å². The Morgan fingerprint density at radius 3 is 2.61 bits per heavy atom. The van der Waals surface area contributed by atoms with Crippen LogP contribution in [0.4, 0.5) is 0 Å². The summed E-state index contributed by atoms with van der Waals surface area (Å²) in [5.41, 5.74) is 4.60. The van der Waals surface area contributed by atoms with Gasteiger partial charge < -0.3 is 0 Å². The van der Waals surface area contributed by atoms with Crippen molar-refractivity contribution in [2.45, 2.75) is 0 Å². The van der Waals surface area contributed by atoms with Gasteiger partial charge >= 0.3 is 0 Å². The number of benzene rings is 3. The molecule has 1 radical (unpaired) electrons. The fraction of sp³-hybridized carbons (Fsp3) is 0. The van der Waals surface area contributed by atoms with Crippen molar-refractivity contribution >= 4 is 48.1 Å². The average molecular weight is 243 g/mol. The summed E-state index contributed by atoms with van der Waals surface area (Å²) in [7, 11) is 0.803. The minimum absolute atomic E-state index is 0.803. The first kappa shape index (κ1) is 9.98. The van der Waals surface area contributed by atoms with E-state index in [4.69, 9.17) is 0 Å². The van der Waals surface area contributed by atoms with E-state index in [-0.39, 0.29) is 0 Å². The summed E-state index contributed by atoms with van der Waals surface area (Å²) >= 11 is 0. The molecule has 0 amide bonds. The van der Waals surface area contributed by atoms with Crippen molar-refractivity contribution in [2.75, 3.05) is 0 Å². The molecule has 1 heterocycles. The van der Waals surface area contributed by atoms with Crippen LogP contribution in [0.15, 0.2) is 48.5 Å². The second-order valence-corrected chi connectivity index (χ2v) is 5.55. The highest BCUT2D eigenvalue weighted by Crippen LogP contribution is 2.22. The van der Waals surface area contributed by atoms with Gasteiger partial charge in [-0.05, 0) is 32.0 Å². The van der Waals surface area contributed by atoms with Crippen LogP contribution in [0.5, 0.6) is 0 Å². The van der Waals surface area contributed by atoms with E-state index in [9.17, 15) is 0 Å². The molecular weight excluding hydrogens is 232 g/mol. The lowest BCUT2D eigenvalue weighted by atomic mass is 10.00. The molecule has 3 aromatic carbocycles. The molecule has 3 aromatic rings. The summed E-state index contributed by atoms with van der Waals surface area (Å²) in [6.45, 7) is 0. The first-order chi connectivity index (χ1) is 8.93. The quantitative estimate of drug-likeness (QED) is 0.419. The van der Waals surface area contributed by atoms with Crippen molar-refractivity contribution in [3.63, 3.8) is 0 Å². The van der Waals surface area contributed by atoms with E-state index < -0.39 is 0 Å². The van der Waals surface area contributed by atoms with Crippen molar-refractivity contribution in [3.05, 3.63) is 59.0 Å². The summed E-state index contributed by atoms with van der Waals surface area (Å²) in [6.07, 6.45) is 2.24. The molecule has 0 fully saturated rings. The van der Waals surface area contributed by atoms with Gasteiger partial charge in [0.1, 0.15) is 0 Å². The molecule has 0 atom stereocenters. The Bertz CT molecular complexity index is 917. The van der Waals surface area contributed by atoms with Gasteiger partial charge in [-0.25, -0.2) is 0 Å². The molecule has 0 spiro atoms. The third-order valence-electron chi connectivity index (χ3n) is 3.59. The minimum atomic E-state index is 0.803. The zero-order valence-electron chi connectivity index (χ0n) is 9.85. The maximum Gasteiger partial charge on any atom is 0.0512 e. The molecule has 18 heavy (non-hydrogen) atoms. The average Bonchev–Trinajstić information content (AvgIpc) is 2.46. The molecule has 4 rings (SSSR count). The largest absolute Gasteiger partial charge is 0.0766 e. The first-order valence-electron chi connectivity index (χ1n) is 6.14. The van der Waals surface area contributed by atoms with E-state index in [1.807, 2.05) is 0 Å².